The summed E-state index contributed by atoms with van der Waals surface area (Å²) in [5.41, 5.74) is 0.229. The third-order valence-corrected chi connectivity index (χ3v) is 4.96. The van der Waals surface area contributed by atoms with E-state index in [9.17, 15) is 0 Å². The van der Waals surface area contributed by atoms with Crippen molar-refractivity contribution < 1.29 is 4.74 Å². The van der Waals surface area contributed by atoms with Crippen molar-refractivity contribution in [1.82, 2.24) is 10.2 Å². The van der Waals surface area contributed by atoms with E-state index in [1.165, 1.54) is 32.1 Å². The molecule has 3 heteroatoms. The van der Waals surface area contributed by atoms with Crippen LogP contribution in [-0.4, -0.2) is 49.3 Å². The average molecular weight is 268 g/mol. The monoisotopic (exact) mass is 268 g/mol. The number of hydrogen-bond acceptors (Lipinski definition) is 3. The first-order chi connectivity index (χ1) is 9.03. The lowest BCUT2D eigenvalue weighted by Crippen LogP contribution is -2.65. The van der Waals surface area contributed by atoms with Crippen LogP contribution in [0.5, 0.6) is 0 Å². The van der Waals surface area contributed by atoms with Gasteiger partial charge in [0, 0.05) is 37.8 Å². The summed E-state index contributed by atoms with van der Waals surface area (Å²) in [6, 6.07) is 1.23. The standard InChI is InChI=1S/C16H32N2O/c1-13(11-19-4)18-12-16(2,3)17-10-15(18)14-8-6-5-7-9-14/h13-15,17H,5-12H2,1-4H3. The highest BCUT2D eigenvalue weighted by atomic mass is 16.5. The second-order valence-corrected chi connectivity index (χ2v) is 7.21. The van der Waals surface area contributed by atoms with Crippen molar-refractivity contribution in [3.05, 3.63) is 0 Å². The molecule has 3 nitrogen and oxygen atoms in total. The van der Waals surface area contributed by atoms with Crippen LogP contribution in [0.4, 0.5) is 0 Å². The van der Waals surface area contributed by atoms with Crippen LogP contribution in [0.15, 0.2) is 0 Å². The number of rotatable bonds is 4. The number of nitrogens with zero attached hydrogens (tertiary/aromatic N) is 1. The van der Waals surface area contributed by atoms with Crippen LogP contribution in [-0.2, 0) is 4.74 Å². The smallest absolute Gasteiger partial charge is 0.0615 e. The summed E-state index contributed by atoms with van der Waals surface area (Å²) >= 11 is 0. The predicted molar refractivity (Wildman–Crippen MR) is 80.5 cm³/mol. The predicted octanol–water partition coefficient (Wildman–Crippen LogP) is 2.65. The zero-order valence-corrected chi connectivity index (χ0v) is 13.2. The summed E-state index contributed by atoms with van der Waals surface area (Å²) in [5.74, 6) is 0.886. The second-order valence-electron chi connectivity index (χ2n) is 7.21. The number of methoxy groups -OCH3 is 1. The first-order valence-corrected chi connectivity index (χ1v) is 8.03. The normalized spacial score (nSPS) is 31.3. The van der Waals surface area contributed by atoms with E-state index >= 15 is 0 Å². The van der Waals surface area contributed by atoms with Crippen LogP contribution in [0, 0.1) is 5.92 Å². The van der Waals surface area contributed by atoms with Crippen molar-refractivity contribution in [2.75, 3.05) is 26.8 Å². The zero-order valence-electron chi connectivity index (χ0n) is 13.2. The molecule has 0 radical (unpaired) electrons. The summed E-state index contributed by atoms with van der Waals surface area (Å²) in [6.07, 6.45) is 7.13. The van der Waals surface area contributed by atoms with Crippen molar-refractivity contribution in [2.24, 2.45) is 5.92 Å². The Morgan fingerprint density at radius 1 is 1.26 bits per heavy atom. The quantitative estimate of drug-likeness (QED) is 0.848. The van der Waals surface area contributed by atoms with Gasteiger partial charge < -0.3 is 10.1 Å². The van der Waals surface area contributed by atoms with Crippen LogP contribution in [0.25, 0.3) is 0 Å². The Kier molecular flexibility index (Phi) is 5.27. The van der Waals surface area contributed by atoms with Crippen LogP contribution < -0.4 is 5.32 Å². The Morgan fingerprint density at radius 3 is 2.58 bits per heavy atom. The molecule has 1 aliphatic carbocycles. The van der Waals surface area contributed by atoms with E-state index in [0.717, 1.165) is 25.6 Å². The molecule has 2 atom stereocenters. The molecule has 0 aromatic rings. The molecule has 0 spiro atoms. The molecule has 1 saturated heterocycles. The highest BCUT2D eigenvalue weighted by molar-refractivity contribution is 4.97. The number of ether oxygens (including phenoxy) is 1. The molecule has 2 fully saturated rings. The maximum atomic E-state index is 5.40. The van der Waals surface area contributed by atoms with Gasteiger partial charge in [0.05, 0.1) is 6.61 Å². The molecular weight excluding hydrogens is 236 g/mol. The molecule has 1 N–H and O–H groups in total. The molecule has 1 heterocycles. The van der Waals surface area contributed by atoms with Gasteiger partial charge in [-0.15, -0.1) is 0 Å². The van der Waals surface area contributed by atoms with Crippen molar-refractivity contribution in [1.29, 1.82) is 0 Å². The van der Waals surface area contributed by atoms with E-state index in [2.05, 4.69) is 31.0 Å². The molecule has 112 valence electrons. The molecule has 0 bridgehead atoms. The highest BCUT2D eigenvalue weighted by Gasteiger charge is 2.38. The van der Waals surface area contributed by atoms with Gasteiger partial charge in [-0.25, -0.2) is 0 Å². The Morgan fingerprint density at radius 2 is 1.95 bits per heavy atom. The number of piperazine rings is 1. The Labute approximate surface area is 119 Å². The van der Waals surface area contributed by atoms with E-state index < -0.39 is 0 Å². The summed E-state index contributed by atoms with van der Waals surface area (Å²) in [6.45, 7) is 10.1. The first kappa shape index (κ1) is 15.3. The first-order valence-electron chi connectivity index (χ1n) is 8.03. The minimum Gasteiger partial charge on any atom is -0.383 e. The largest absolute Gasteiger partial charge is 0.383 e. The molecular formula is C16H32N2O. The summed E-state index contributed by atoms with van der Waals surface area (Å²) < 4.78 is 5.40. The van der Waals surface area contributed by atoms with E-state index in [-0.39, 0.29) is 5.54 Å². The fourth-order valence-electron chi connectivity index (χ4n) is 3.90. The van der Waals surface area contributed by atoms with Crippen molar-refractivity contribution in [3.63, 3.8) is 0 Å². The SMILES string of the molecule is COCC(C)N1CC(C)(C)NCC1C1CCCCC1. The van der Waals surface area contributed by atoms with E-state index in [1.807, 2.05) is 7.11 Å². The van der Waals surface area contributed by atoms with Gasteiger partial charge in [0.15, 0.2) is 0 Å². The van der Waals surface area contributed by atoms with Crippen LogP contribution >= 0.6 is 0 Å². The van der Waals surface area contributed by atoms with Gasteiger partial charge >= 0.3 is 0 Å². The van der Waals surface area contributed by atoms with Crippen LogP contribution in [0.2, 0.25) is 0 Å². The third kappa shape index (κ3) is 3.93. The lowest BCUT2D eigenvalue weighted by Gasteiger charge is -2.50. The van der Waals surface area contributed by atoms with E-state index in [0.29, 0.717) is 12.1 Å². The second kappa shape index (κ2) is 6.55. The highest BCUT2D eigenvalue weighted by Crippen LogP contribution is 2.32. The maximum absolute atomic E-state index is 5.40. The summed E-state index contributed by atoms with van der Waals surface area (Å²) in [7, 11) is 1.82. The molecule has 0 amide bonds. The van der Waals surface area contributed by atoms with E-state index in [4.69, 9.17) is 4.74 Å². The Balaban J connectivity index is 2.05. The molecule has 0 aromatic heterocycles. The van der Waals surface area contributed by atoms with Gasteiger partial charge in [0.2, 0.25) is 0 Å². The zero-order chi connectivity index (χ0) is 13.9. The minimum atomic E-state index is 0.229. The molecule has 1 aliphatic heterocycles. The van der Waals surface area contributed by atoms with Gasteiger partial charge in [-0.3, -0.25) is 4.90 Å². The lowest BCUT2D eigenvalue weighted by atomic mass is 9.80. The average Bonchev–Trinajstić information content (AvgIpc) is 2.39. The molecule has 2 rings (SSSR count). The van der Waals surface area contributed by atoms with Crippen LogP contribution in [0.1, 0.15) is 52.9 Å². The summed E-state index contributed by atoms with van der Waals surface area (Å²) in [5, 5.41) is 3.75. The van der Waals surface area contributed by atoms with E-state index in [1.54, 1.807) is 0 Å². The fraction of sp³-hybridized carbons (Fsp3) is 1.00. The van der Waals surface area contributed by atoms with Crippen molar-refractivity contribution in [3.8, 4) is 0 Å². The Hall–Kier alpha value is -0.120. The van der Waals surface area contributed by atoms with Gasteiger partial charge in [-0.2, -0.15) is 0 Å². The van der Waals surface area contributed by atoms with Gasteiger partial charge in [0.1, 0.15) is 0 Å². The Bertz CT molecular complexity index is 274. The topological polar surface area (TPSA) is 24.5 Å². The van der Waals surface area contributed by atoms with Gasteiger partial charge in [0.25, 0.3) is 0 Å². The number of nitrogens with one attached hydrogen (secondary N) is 1. The van der Waals surface area contributed by atoms with Crippen LogP contribution in [0.3, 0.4) is 0 Å². The minimum absolute atomic E-state index is 0.229. The molecule has 19 heavy (non-hydrogen) atoms. The molecule has 1 saturated carbocycles. The lowest BCUT2D eigenvalue weighted by molar-refractivity contribution is -0.00555. The van der Waals surface area contributed by atoms with Gasteiger partial charge in [-0.1, -0.05) is 19.3 Å². The molecule has 0 aromatic carbocycles. The van der Waals surface area contributed by atoms with Gasteiger partial charge in [-0.05, 0) is 39.5 Å². The third-order valence-electron chi connectivity index (χ3n) is 4.96. The van der Waals surface area contributed by atoms with Crippen molar-refractivity contribution in [2.45, 2.75) is 70.5 Å². The van der Waals surface area contributed by atoms with Crippen molar-refractivity contribution >= 4 is 0 Å². The molecule has 2 unspecified atom stereocenters. The number of hydrogen-bond donors (Lipinski definition) is 1. The maximum Gasteiger partial charge on any atom is 0.0615 e. The molecule has 2 aliphatic rings. The summed E-state index contributed by atoms with van der Waals surface area (Å²) in [4.78, 5) is 2.72. The fourth-order valence-corrected chi connectivity index (χ4v) is 3.90.